The lowest BCUT2D eigenvalue weighted by Crippen LogP contribution is -2.42. The first-order chi connectivity index (χ1) is 15.0. The number of nitrogens with zero attached hydrogens (tertiary/aromatic N) is 3. The van der Waals surface area contributed by atoms with Crippen LogP contribution < -0.4 is 10.9 Å². The topological polar surface area (TPSA) is 100 Å². The van der Waals surface area contributed by atoms with Crippen LogP contribution in [0.15, 0.2) is 60.0 Å². The minimum Gasteiger partial charge on any atom is -0.339 e. The van der Waals surface area contributed by atoms with E-state index in [0.29, 0.717) is 11.5 Å². The Bertz CT molecular complexity index is 1230. The van der Waals surface area contributed by atoms with Crippen LogP contribution in [0.4, 0.5) is 5.95 Å². The van der Waals surface area contributed by atoms with Crippen LogP contribution in [0.3, 0.4) is 0 Å². The van der Waals surface area contributed by atoms with Crippen molar-refractivity contribution in [3.63, 3.8) is 0 Å². The highest BCUT2D eigenvalue weighted by molar-refractivity contribution is 6.03. The van der Waals surface area contributed by atoms with Gasteiger partial charge in [0.05, 0.1) is 16.6 Å². The molecule has 1 saturated heterocycles. The Morgan fingerprint density at radius 3 is 2.77 bits per heavy atom. The van der Waals surface area contributed by atoms with E-state index in [9.17, 15) is 14.4 Å². The average Bonchev–Trinajstić information content (AvgIpc) is 3.34. The summed E-state index contributed by atoms with van der Waals surface area (Å²) in [4.78, 5) is 45.1. The number of amides is 2. The van der Waals surface area contributed by atoms with Crippen molar-refractivity contribution in [3.05, 3.63) is 71.2 Å². The second kappa shape index (κ2) is 7.23. The number of nitrogens with one attached hydrogen (secondary N) is 2. The molecule has 1 saturated carbocycles. The maximum atomic E-state index is 12.7. The van der Waals surface area contributed by atoms with Crippen molar-refractivity contribution >= 4 is 28.8 Å². The van der Waals surface area contributed by atoms with Gasteiger partial charge in [-0.2, -0.15) is 0 Å². The van der Waals surface area contributed by atoms with Gasteiger partial charge >= 0.3 is 0 Å². The number of hydrogen-bond donors (Lipinski definition) is 2. The fourth-order valence-corrected chi connectivity index (χ4v) is 4.94. The Labute approximate surface area is 178 Å². The van der Waals surface area contributed by atoms with E-state index in [1.54, 1.807) is 0 Å². The predicted octanol–water partition coefficient (Wildman–Crippen LogP) is 2.72. The number of anilines is 1. The van der Waals surface area contributed by atoms with E-state index in [-0.39, 0.29) is 28.8 Å². The third-order valence-corrected chi connectivity index (χ3v) is 6.49. The van der Waals surface area contributed by atoms with E-state index in [1.165, 1.54) is 24.4 Å². The summed E-state index contributed by atoms with van der Waals surface area (Å²) in [6.45, 7) is 5.10. The van der Waals surface area contributed by atoms with Crippen molar-refractivity contribution in [2.24, 2.45) is 5.41 Å². The van der Waals surface area contributed by atoms with Crippen LogP contribution in [0.1, 0.15) is 35.7 Å². The summed E-state index contributed by atoms with van der Waals surface area (Å²) in [6.07, 6.45) is 5.61. The predicted molar refractivity (Wildman–Crippen MR) is 117 cm³/mol. The highest BCUT2D eigenvalue weighted by atomic mass is 16.2. The number of hydrogen-bond acceptors (Lipinski definition) is 4. The van der Waals surface area contributed by atoms with Gasteiger partial charge in [0, 0.05) is 31.4 Å². The molecule has 0 radical (unpaired) electrons. The third-order valence-electron chi connectivity index (χ3n) is 6.49. The second-order valence-electron chi connectivity index (χ2n) is 8.47. The van der Waals surface area contributed by atoms with E-state index >= 15 is 0 Å². The van der Waals surface area contributed by atoms with Gasteiger partial charge in [-0.3, -0.25) is 19.7 Å². The fourth-order valence-electron chi connectivity index (χ4n) is 4.94. The van der Waals surface area contributed by atoms with Gasteiger partial charge in [-0.1, -0.05) is 18.7 Å². The molecule has 5 rings (SSSR count). The van der Waals surface area contributed by atoms with Crippen molar-refractivity contribution in [3.8, 4) is 0 Å². The molecule has 3 heterocycles. The monoisotopic (exact) mass is 417 g/mol. The zero-order valence-corrected chi connectivity index (χ0v) is 17.0. The first-order valence-electron chi connectivity index (χ1n) is 10.4. The number of imidazole rings is 1. The maximum Gasteiger partial charge on any atom is 0.259 e. The molecule has 2 N–H and O–H groups in total. The van der Waals surface area contributed by atoms with E-state index in [1.807, 2.05) is 29.2 Å². The normalized spacial score (nSPS) is 22.5. The number of pyridine rings is 1. The van der Waals surface area contributed by atoms with Gasteiger partial charge in [-0.25, -0.2) is 4.98 Å². The molecule has 1 aromatic carbocycles. The zero-order valence-electron chi connectivity index (χ0n) is 17.0. The number of carbonyl (C=O) groups excluding carboxylic acids is 2. The summed E-state index contributed by atoms with van der Waals surface area (Å²) in [5.74, 6) is 0.155. The maximum absolute atomic E-state index is 12.7. The van der Waals surface area contributed by atoms with Crippen molar-refractivity contribution in [1.29, 1.82) is 0 Å². The molecule has 0 bridgehead atoms. The SMILES string of the molecule is C=CC(=O)N1CC[C@]2(C1)C[C@H](n1c(NC(=O)c3ccc(=O)[nH]c3)nc3ccccc31)C2. The molecule has 0 unspecified atom stereocenters. The quantitative estimate of drug-likeness (QED) is 0.638. The van der Waals surface area contributed by atoms with E-state index in [2.05, 4.69) is 26.4 Å². The summed E-state index contributed by atoms with van der Waals surface area (Å²) in [5.41, 5.74) is 2.00. The molecule has 1 aliphatic heterocycles. The van der Waals surface area contributed by atoms with Crippen molar-refractivity contribution in [2.45, 2.75) is 25.3 Å². The molecule has 3 aromatic rings. The number of aromatic amines is 1. The number of para-hydroxylation sites is 2. The van der Waals surface area contributed by atoms with Gasteiger partial charge in [0.15, 0.2) is 0 Å². The van der Waals surface area contributed by atoms with Crippen LogP contribution in [0, 0.1) is 5.41 Å². The van der Waals surface area contributed by atoms with Crippen LogP contribution >= 0.6 is 0 Å². The number of H-pyrrole nitrogens is 1. The van der Waals surface area contributed by atoms with E-state index in [4.69, 9.17) is 0 Å². The Kier molecular flexibility index (Phi) is 4.50. The minimum absolute atomic E-state index is 0.0118. The molecular formula is C23H23N5O3. The molecule has 2 aliphatic rings. The molecule has 2 aromatic heterocycles. The third kappa shape index (κ3) is 3.34. The molecule has 8 nitrogen and oxygen atoms in total. The number of rotatable bonds is 4. The van der Waals surface area contributed by atoms with Crippen molar-refractivity contribution in [1.82, 2.24) is 19.4 Å². The Balaban J connectivity index is 1.41. The number of carbonyl (C=O) groups is 2. The number of likely N-dealkylation sites (tertiary alicyclic amines) is 1. The largest absolute Gasteiger partial charge is 0.339 e. The minimum atomic E-state index is -0.328. The van der Waals surface area contributed by atoms with Gasteiger partial charge in [-0.15, -0.1) is 0 Å². The Hall–Kier alpha value is -3.68. The lowest BCUT2D eigenvalue weighted by atomic mass is 9.65. The smallest absolute Gasteiger partial charge is 0.259 e. The van der Waals surface area contributed by atoms with Crippen LogP contribution in [0.5, 0.6) is 0 Å². The zero-order chi connectivity index (χ0) is 21.6. The summed E-state index contributed by atoms with van der Waals surface area (Å²) in [5, 5.41) is 2.91. The van der Waals surface area contributed by atoms with Crippen LogP contribution in [-0.4, -0.2) is 44.3 Å². The molecule has 31 heavy (non-hydrogen) atoms. The molecule has 8 heteroatoms. The molecule has 2 fully saturated rings. The highest BCUT2D eigenvalue weighted by Crippen LogP contribution is 2.55. The summed E-state index contributed by atoms with van der Waals surface area (Å²) in [6, 6.07) is 10.8. The molecule has 158 valence electrons. The number of aromatic nitrogens is 3. The van der Waals surface area contributed by atoms with E-state index in [0.717, 1.165) is 43.4 Å². The molecule has 0 atom stereocenters. The summed E-state index contributed by atoms with van der Waals surface area (Å²) >= 11 is 0. The van der Waals surface area contributed by atoms with Gasteiger partial charge in [0.2, 0.25) is 17.4 Å². The van der Waals surface area contributed by atoms with E-state index < -0.39 is 0 Å². The van der Waals surface area contributed by atoms with Gasteiger partial charge in [-0.05, 0) is 49.0 Å². The lowest BCUT2D eigenvalue weighted by molar-refractivity contribution is -0.125. The number of benzene rings is 1. The Morgan fingerprint density at radius 2 is 2.03 bits per heavy atom. The molecule has 1 aliphatic carbocycles. The first-order valence-corrected chi connectivity index (χ1v) is 10.4. The number of fused-ring (bicyclic) bond motifs is 1. The highest BCUT2D eigenvalue weighted by Gasteiger charge is 2.50. The Morgan fingerprint density at radius 1 is 1.23 bits per heavy atom. The van der Waals surface area contributed by atoms with Crippen LogP contribution in [-0.2, 0) is 4.79 Å². The first kappa shape index (κ1) is 19.3. The standard InChI is InChI=1S/C23H23N5O3/c1-2-20(30)27-10-9-23(14-27)11-16(12-23)28-18-6-4-3-5-17(18)25-22(28)26-21(31)15-7-8-19(29)24-13-15/h2-8,13,16H,1,9-12,14H2,(H,24,29)(H,25,26,31)/t16-,23-. The molecular weight excluding hydrogens is 394 g/mol. The fraction of sp³-hybridized carbons (Fsp3) is 0.304. The van der Waals surface area contributed by atoms with Gasteiger partial charge in [0.25, 0.3) is 5.91 Å². The lowest BCUT2D eigenvalue weighted by Gasteiger charge is -2.46. The summed E-state index contributed by atoms with van der Waals surface area (Å²) < 4.78 is 2.10. The van der Waals surface area contributed by atoms with Crippen LogP contribution in [0.25, 0.3) is 11.0 Å². The average molecular weight is 417 g/mol. The van der Waals surface area contributed by atoms with Crippen LogP contribution in [0.2, 0.25) is 0 Å². The van der Waals surface area contributed by atoms with Gasteiger partial charge in [0.1, 0.15) is 0 Å². The summed E-state index contributed by atoms with van der Waals surface area (Å²) in [7, 11) is 0. The molecule has 2 amide bonds. The van der Waals surface area contributed by atoms with Crippen molar-refractivity contribution in [2.75, 3.05) is 18.4 Å². The van der Waals surface area contributed by atoms with Gasteiger partial charge < -0.3 is 14.5 Å². The second-order valence-corrected chi connectivity index (χ2v) is 8.47. The van der Waals surface area contributed by atoms with Crippen molar-refractivity contribution < 1.29 is 9.59 Å². The molecule has 1 spiro atoms.